The van der Waals surface area contributed by atoms with Crippen molar-refractivity contribution in [3.05, 3.63) is 11.6 Å². The van der Waals surface area contributed by atoms with Crippen LogP contribution in [0.1, 0.15) is 72.1 Å². The van der Waals surface area contributed by atoms with Gasteiger partial charge in [0.25, 0.3) is 0 Å². The van der Waals surface area contributed by atoms with E-state index in [4.69, 9.17) is 0 Å². The lowest BCUT2D eigenvalue weighted by molar-refractivity contribution is 0.586. The molecule has 1 fully saturated rings. The predicted molar refractivity (Wildman–Crippen MR) is 87.5 cm³/mol. The second kappa shape index (κ2) is 6.00. The highest BCUT2D eigenvalue weighted by Gasteiger charge is 2.55. The van der Waals surface area contributed by atoms with Gasteiger partial charge in [0.2, 0.25) is 0 Å². The molecular weight excluding hydrogens is 235 g/mol. The van der Waals surface area contributed by atoms with Gasteiger partial charge in [-0.3, -0.25) is 0 Å². The van der Waals surface area contributed by atoms with Crippen LogP contribution >= 0.6 is 6.89 Å². The van der Waals surface area contributed by atoms with Crippen molar-refractivity contribution in [1.82, 2.24) is 0 Å². The molecule has 0 aromatic rings. The van der Waals surface area contributed by atoms with E-state index in [1.165, 1.54) is 57.5 Å². The molecule has 2 aliphatic rings. The molecule has 1 saturated heterocycles. The number of hydrogen-bond donors (Lipinski definition) is 0. The summed E-state index contributed by atoms with van der Waals surface area (Å²) < 4.78 is 0. The van der Waals surface area contributed by atoms with E-state index in [1.807, 2.05) is 0 Å². The lowest BCUT2D eigenvalue weighted by Crippen LogP contribution is -1.95. The molecule has 0 aromatic heterocycles. The second-order valence-electron chi connectivity index (χ2n) is 6.77. The smallest absolute Gasteiger partial charge is 0.00995 e. The van der Waals surface area contributed by atoms with Crippen LogP contribution in [-0.4, -0.2) is 23.3 Å². The molecule has 2 unspecified atom stereocenters. The molecule has 0 amide bonds. The van der Waals surface area contributed by atoms with Crippen LogP contribution in [0.15, 0.2) is 11.6 Å². The summed E-state index contributed by atoms with van der Waals surface area (Å²) in [6.07, 6.45) is 17.3. The Labute approximate surface area is 114 Å². The van der Waals surface area contributed by atoms with E-state index in [9.17, 15) is 0 Å². The zero-order chi connectivity index (χ0) is 13.1. The second-order valence-corrected chi connectivity index (χ2v) is 10.9. The molecule has 1 heteroatoms. The summed E-state index contributed by atoms with van der Waals surface area (Å²) in [4.78, 5) is 0. The molecule has 2 aliphatic heterocycles. The maximum atomic E-state index is 2.67. The molecule has 0 aromatic carbocycles. The fraction of sp³-hybridized carbons (Fsp3) is 0.824. The summed E-state index contributed by atoms with van der Waals surface area (Å²) in [5.74, 6) is 2.67. The van der Waals surface area contributed by atoms with Crippen molar-refractivity contribution < 1.29 is 0 Å². The van der Waals surface area contributed by atoms with Crippen molar-refractivity contribution >= 4 is 12.7 Å². The summed E-state index contributed by atoms with van der Waals surface area (Å²) in [6, 6.07) is 0. The zero-order valence-electron chi connectivity index (χ0n) is 12.7. The van der Waals surface area contributed by atoms with E-state index >= 15 is 0 Å². The molecule has 18 heavy (non-hydrogen) atoms. The summed E-state index contributed by atoms with van der Waals surface area (Å²) in [5, 5.41) is 0.665. The molecule has 0 aliphatic carbocycles. The van der Waals surface area contributed by atoms with Gasteiger partial charge < -0.3 is 0 Å². The highest BCUT2D eigenvalue weighted by molar-refractivity contribution is 7.84. The monoisotopic (exact) mass is 266 g/mol. The summed E-state index contributed by atoms with van der Waals surface area (Å²) in [6.45, 7) is 6.49. The van der Waals surface area contributed by atoms with Crippen LogP contribution in [0.3, 0.4) is 0 Å². The van der Waals surface area contributed by atoms with Gasteiger partial charge in [0.15, 0.2) is 0 Å². The van der Waals surface area contributed by atoms with E-state index in [0.717, 1.165) is 0 Å². The lowest BCUT2D eigenvalue weighted by Gasteiger charge is -2.08. The third kappa shape index (κ3) is 3.13. The van der Waals surface area contributed by atoms with Crippen LogP contribution in [0, 0.1) is 0 Å². The predicted octanol–water partition coefficient (Wildman–Crippen LogP) is 5.68. The van der Waals surface area contributed by atoms with Gasteiger partial charge in [0, 0.05) is 5.16 Å². The molecule has 2 atom stereocenters. The average Bonchev–Trinajstić information content (AvgIpc) is 2.76. The van der Waals surface area contributed by atoms with Crippen molar-refractivity contribution in [3.8, 4) is 0 Å². The quantitative estimate of drug-likeness (QED) is 0.372. The molecule has 2 heterocycles. The molecule has 0 radical (unpaired) electrons. The number of rotatable bonds is 9. The van der Waals surface area contributed by atoms with Crippen molar-refractivity contribution in [2.75, 3.05) is 12.3 Å². The normalized spacial score (nSPS) is 32.9. The number of allylic oxidation sites excluding steroid dienone is 2. The van der Waals surface area contributed by atoms with E-state index in [1.54, 1.807) is 11.7 Å². The topological polar surface area (TPSA) is 0 Å². The Bertz CT molecular complexity index is 364. The molecule has 0 bridgehead atoms. The van der Waals surface area contributed by atoms with E-state index < -0.39 is 6.89 Å². The van der Waals surface area contributed by atoms with Crippen molar-refractivity contribution in [2.45, 2.75) is 77.3 Å². The maximum Gasteiger partial charge on any atom is 0.00995 e. The summed E-state index contributed by atoms with van der Waals surface area (Å²) in [7, 11) is 0. The first kappa shape index (κ1) is 14.4. The van der Waals surface area contributed by atoms with E-state index in [2.05, 4.69) is 32.6 Å². The minimum Gasteiger partial charge on any atom is -0.0938 e. The van der Waals surface area contributed by atoms with Crippen LogP contribution in [-0.2, 0) is 0 Å². The molecule has 104 valence electrons. The fourth-order valence-electron chi connectivity index (χ4n) is 3.75. The Morgan fingerprint density at radius 1 is 1.06 bits per heavy atom. The Kier molecular flexibility index (Phi) is 4.81. The highest BCUT2D eigenvalue weighted by atomic mass is 31.2. The lowest BCUT2D eigenvalue weighted by atomic mass is 10.1. The van der Waals surface area contributed by atoms with Gasteiger partial charge in [-0.25, -0.2) is 0 Å². The minimum atomic E-state index is -0.605. The Balaban J connectivity index is 1.54. The average molecular weight is 266 g/mol. The van der Waals surface area contributed by atoms with Gasteiger partial charge in [-0.05, 0) is 25.7 Å². The zero-order valence-corrected chi connectivity index (χ0v) is 13.6. The first-order chi connectivity index (χ1) is 8.62. The van der Waals surface area contributed by atoms with Crippen molar-refractivity contribution in [3.63, 3.8) is 0 Å². The third-order valence-electron chi connectivity index (χ3n) is 4.92. The first-order valence-electron chi connectivity index (χ1n) is 8.04. The molecule has 0 saturated carbocycles. The van der Waals surface area contributed by atoms with Crippen molar-refractivity contribution in [2.24, 2.45) is 0 Å². The number of unbranched alkanes of at least 4 members (excludes halogenated alkanes) is 7. The van der Waals surface area contributed by atoms with Gasteiger partial charge in [-0.1, -0.05) is 83.1 Å². The molecule has 0 spiro atoms. The third-order valence-corrected chi connectivity index (χ3v) is 10.1. The molecule has 0 nitrogen and oxygen atoms in total. The first-order valence-corrected chi connectivity index (χ1v) is 10.3. The number of hydrogen-bond acceptors (Lipinski definition) is 0. The molecule has 2 rings (SSSR count). The standard InChI is InChI=1S/C17H31P/c1-4-5-6-7-8-9-10-11-12-18-14-16(2)13-17(18,3)15-18/h13-14H,4-12,15H2,1-3H3. The summed E-state index contributed by atoms with van der Waals surface area (Å²) >= 11 is 0. The van der Waals surface area contributed by atoms with Crippen LogP contribution in [0.25, 0.3) is 0 Å². The van der Waals surface area contributed by atoms with Crippen molar-refractivity contribution in [1.29, 1.82) is 0 Å². The maximum absolute atomic E-state index is 2.67. The number of fused-ring (bicyclic) bond motifs is 1. The Hall–Kier alpha value is 0.0400. The van der Waals surface area contributed by atoms with Gasteiger partial charge in [0.05, 0.1) is 0 Å². The SMILES string of the molecule is CCCCCCCCCCP12=CC(C)=CC1(C)C2. The largest absolute Gasteiger partial charge is 0.0938 e. The highest BCUT2D eigenvalue weighted by Crippen LogP contribution is 2.79. The van der Waals surface area contributed by atoms with Gasteiger partial charge in [0.1, 0.15) is 0 Å². The minimum absolute atomic E-state index is 0.605. The summed E-state index contributed by atoms with van der Waals surface area (Å²) in [5.41, 5.74) is 1.58. The van der Waals surface area contributed by atoms with E-state index in [-0.39, 0.29) is 0 Å². The van der Waals surface area contributed by atoms with Crippen LogP contribution in [0.4, 0.5) is 0 Å². The molecule has 0 N–H and O–H groups in total. The Morgan fingerprint density at radius 2 is 1.67 bits per heavy atom. The molecular formula is C17H31P. The fourth-order valence-corrected chi connectivity index (χ4v) is 8.74. The van der Waals surface area contributed by atoms with Gasteiger partial charge >= 0.3 is 0 Å². The van der Waals surface area contributed by atoms with Crippen LogP contribution < -0.4 is 0 Å². The van der Waals surface area contributed by atoms with Gasteiger partial charge in [-0.15, -0.1) is 0 Å². The van der Waals surface area contributed by atoms with E-state index in [0.29, 0.717) is 5.16 Å². The van der Waals surface area contributed by atoms with Crippen LogP contribution in [0.2, 0.25) is 0 Å². The Morgan fingerprint density at radius 3 is 2.22 bits per heavy atom. The van der Waals surface area contributed by atoms with Crippen LogP contribution in [0.5, 0.6) is 0 Å². The van der Waals surface area contributed by atoms with Gasteiger partial charge in [-0.2, -0.15) is 0 Å².